The third-order valence-corrected chi connectivity index (χ3v) is 3.75. The van der Waals surface area contributed by atoms with E-state index in [2.05, 4.69) is 20.2 Å². The highest BCUT2D eigenvalue weighted by molar-refractivity contribution is 6.30. The Morgan fingerprint density at radius 2 is 1.63 bits per heavy atom. The first kappa shape index (κ1) is 18.8. The molecular weight excluding hydrogens is 381 g/mol. The van der Waals surface area contributed by atoms with Gasteiger partial charge in [0.1, 0.15) is 5.75 Å². The highest BCUT2D eigenvalue weighted by Crippen LogP contribution is 2.32. The summed E-state index contributed by atoms with van der Waals surface area (Å²) in [5.74, 6) is -0.293. The first-order chi connectivity index (χ1) is 12.8. The monoisotopic (exact) mass is 392 g/mol. The number of benzene rings is 2. The largest absolute Gasteiger partial charge is 0.508 e. The summed E-state index contributed by atoms with van der Waals surface area (Å²) in [6, 6.07) is 13.3. The van der Waals surface area contributed by atoms with Gasteiger partial charge >= 0.3 is 6.18 Å². The van der Waals surface area contributed by atoms with E-state index in [0.717, 1.165) is 11.6 Å². The van der Waals surface area contributed by atoms with Gasteiger partial charge in [-0.25, -0.2) is 9.97 Å². The molecule has 0 bridgehead atoms. The van der Waals surface area contributed by atoms with Gasteiger partial charge in [-0.15, -0.1) is 5.11 Å². The normalized spacial score (nSPS) is 11.9. The summed E-state index contributed by atoms with van der Waals surface area (Å²) in [5.41, 5.74) is 0.123. The van der Waals surface area contributed by atoms with Gasteiger partial charge in [-0.2, -0.15) is 18.3 Å². The molecule has 0 aliphatic heterocycles. The van der Waals surface area contributed by atoms with Gasteiger partial charge in [0, 0.05) is 10.6 Å². The minimum absolute atomic E-state index is 0.0626. The molecule has 3 rings (SSSR count). The van der Waals surface area contributed by atoms with Crippen molar-refractivity contribution >= 4 is 17.5 Å². The van der Waals surface area contributed by atoms with Crippen LogP contribution in [0.3, 0.4) is 0 Å². The third-order valence-electron chi connectivity index (χ3n) is 3.49. The molecule has 0 atom stereocenters. The number of aromatic nitrogens is 2. The summed E-state index contributed by atoms with van der Waals surface area (Å²) in [6.07, 6.45) is -4.65. The second kappa shape index (κ2) is 7.71. The molecule has 0 spiro atoms. The van der Waals surface area contributed by atoms with E-state index in [-0.39, 0.29) is 18.0 Å². The van der Waals surface area contributed by atoms with Gasteiger partial charge in [0.25, 0.3) is 5.95 Å². The Balaban J connectivity index is 1.91. The molecule has 0 saturated heterocycles. The second-order valence-electron chi connectivity index (χ2n) is 5.51. The molecule has 5 nitrogen and oxygen atoms in total. The minimum atomic E-state index is -4.65. The Morgan fingerprint density at radius 1 is 0.963 bits per heavy atom. The number of nitrogens with zero attached hydrogens (tertiary/aromatic N) is 4. The van der Waals surface area contributed by atoms with Gasteiger partial charge in [0.05, 0.1) is 12.2 Å². The summed E-state index contributed by atoms with van der Waals surface area (Å²) < 4.78 is 39.4. The zero-order chi connectivity index (χ0) is 19.4. The predicted octanol–water partition coefficient (Wildman–Crippen LogP) is 5.81. The van der Waals surface area contributed by atoms with Gasteiger partial charge in [0.15, 0.2) is 5.69 Å². The van der Waals surface area contributed by atoms with E-state index >= 15 is 0 Å². The van der Waals surface area contributed by atoms with Gasteiger partial charge < -0.3 is 5.11 Å². The first-order valence-electron chi connectivity index (χ1n) is 7.69. The van der Waals surface area contributed by atoms with E-state index in [0.29, 0.717) is 10.6 Å². The van der Waals surface area contributed by atoms with Crippen LogP contribution in [-0.2, 0) is 12.7 Å². The summed E-state index contributed by atoms with van der Waals surface area (Å²) in [6.45, 7) is 0.107. The number of phenols is 1. The number of hydrogen-bond donors (Lipinski definition) is 1. The Labute approximate surface area is 157 Å². The van der Waals surface area contributed by atoms with Crippen LogP contribution in [0, 0.1) is 0 Å². The average Bonchev–Trinajstić information content (AvgIpc) is 2.63. The maximum Gasteiger partial charge on any atom is 0.433 e. The molecule has 2 aromatic carbocycles. The maximum atomic E-state index is 13.1. The molecular formula is C18H12ClF3N4O. The topological polar surface area (TPSA) is 70.7 Å². The third kappa shape index (κ3) is 5.01. The van der Waals surface area contributed by atoms with Crippen molar-refractivity contribution in [2.75, 3.05) is 0 Å². The van der Waals surface area contributed by atoms with E-state index in [1.807, 2.05) is 0 Å². The van der Waals surface area contributed by atoms with E-state index in [1.165, 1.54) is 12.1 Å². The predicted molar refractivity (Wildman–Crippen MR) is 93.8 cm³/mol. The average molecular weight is 393 g/mol. The van der Waals surface area contributed by atoms with Crippen LogP contribution in [0.2, 0.25) is 5.02 Å². The van der Waals surface area contributed by atoms with Crippen LogP contribution in [0.15, 0.2) is 64.8 Å². The van der Waals surface area contributed by atoms with E-state index in [4.69, 9.17) is 11.6 Å². The molecule has 1 heterocycles. The molecule has 27 heavy (non-hydrogen) atoms. The van der Waals surface area contributed by atoms with Gasteiger partial charge in [-0.3, -0.25) is 0 Å². The zero-order valence-corrected chi connectivity index (χ0v) is 14.4. The lowest BCUT2D eigenvalue weighted by Gasteiger charge is -2.08. The van der Waals surface area contributed by atoms with Crippen molar-refractivity contribution in [1.29, 1.82) is 0 Å². The highest BCUT2D eigenvalue weighted by Gasteiger charge is 2.33. The molecule has 9 heteroatoms. The number of aromatic hydroxyl groups is 1. The first-order valence-corrected chi connectivity index (χ1v) is 8.07. The smallest absolute Gasteiger partial charge is 0.433 e. The van der Waals surface area contributed by atoms with Gasteiger partial charge in [-0.1, -0.05) is 35.9 Å². The minimum Gasteiger partial charge on any atom is -0.508 e. The molecule has 1 aromatic heterocycles. The quantitative estimate of drug-likeness (QED) is 0.570. The van der Waals surface area contributed by atoms with Gasteiger partial charge in [-0.05, 0) is 35.9 Å². The summed E-state index contributed by atoms with van der Waals surface area (Å²) >= 11 is 5.81. The van der Waals surface area contributed by atoms with Crippen LogP contribution in [0.1, 0.15) is 11.3 Å². The number of rotatable bonds is 4. The summed E-state index contributed by atoms with van der Waals surface area (Å²) in [7, 11) is 0. The molecule has 1 N–H and O–H groups in total. The number of hydrogen-bond acceptors (Lipinski definition) is 5. The standard InChI is InChI=1S/C18H12ClF3N4O/c19-13-5-3-12(4-6-13)15-9-16(18(20,21)22)25-17(24-15)26-23-10-11-1-7-14(27)8-2-11/h1-9,27H,10H2. The fourth-order valence-corrected chi connectivity index (χ4v) is 2.30. The molecule has 0 unspecified atom stereocenters. The van der Waals surface area contributed by atoms with Crippen molar-refractivity contribution in [3.8, 4) is 17.0 Å². The Hall–Kier alpha value is -3.00. The molecule has 3 aromatic rings. The van der Waals surface area contributed by atoms with Gasteiger partial charge in [0.2, 0.25) is 0 Å². The lowest BCUT2D eigenvalue weighted by atomic mass is 10.1. The van der Waals surface area contributed by atoms with Crippen LogP contribution in [0.25, 0.3) is 11.3 Å². The fourth-order valence-electron chi connectivity index (χ4n) is 2.17. The summed E-state index contributed by atoms with van der Waals surface area (Å²) in [5, 5.41) is 17.2. The number of halogens is 4. The molecule has 138 valence electrons. The fraction of sp³-hybridized carbons (Fsp3) is 0.111. The SMILES string of the molecule is Oc1ccc(CN=Nc2nc(-c3ccc(Cl)cc3)cc(C(F)(F)F)n2)cc1. The van der Waals surface area contributed by atoms with Crippen LogP contribution < -0.4 is 0 Å². The summed E-state index contributed by atoms with van der Waals surface area (Å²) in [4.78, 5) is 7.47. The van der Waals surface area contributed by atoms with Crippen molar-refractivity contribution in [3.63, 3.8) is 0 Å². The van der Waals surface area contributed by atoms with Crippen molar-refractivity contribution in [3.05, 3.63) is 70.9 Å². The number of phenolic OH excluding ortho intramolecular Hbond substituents is 1. The molecule has 0 amide bonds. The molecule has 0 saturated carbocycles. The second-order valence-corrected chi connectivity index (χ2v) is 5.95. The zero-order valence-electron chi connectivity index (χ0n) is 13.7. The van der Waals surface area contributed by atoms with Crippen LogP contribution in [0.4, 0.5) is 19.1 Å². The van der Waals surface area contributed by atoms with E-state index in [1.54, 1.807) is 36.4 Å². The maximum absolute atomic E-state index is 13.1. The van der Waals surface area contributed by atoms with E-state index in [9.17, 15) is 18.3 Å². The lowest BCUT2D eigenvalue weighted by Crippen LogP contribution is -2.09. The molecule has 0 fully saturated rings. The van der Waals surface area contributed by atoms with E-state index < -0.39 is 17.8 Å². The Morgan fingerprint density at radius 3 is 2.26 bits per heavy atom. The lowest BCUT2D eigenvalue weighted by molar-refractivity contribution is -0.141. The highest BCUT2D eigenvalue weighted by atomic mass is 35.5. The van der Waals surface area contributed by atoms with Crippen molar-refractivity contribution < 1.29 is 18.3 Å². The molecule has 0 aliphatic carbocycles. The van der Waals surface area contributed by atoms with Crippen LogP contribution in [-0.4, -0.2) is 15.1 Å². The van der Waals surface area contributed by atoms with Crippen molar-refractivity contribution in [2.45, 2.75) is 12.7 Å². The molecule has 0 aliphatic rings. The Kier molecular flexibility index (Phi) is 5.36. The number of azo groups is 1. The molecule has 0 radical (unpaired) electrons. The van der Waals surface area contributed by atoms with Crippen LogP contribution in [0.5, 0.6) is 5.75 Å². The Bertz CT molecular complexity index is 958. The number of alkyl halides is 3. The van der Waals surface area contributed by atoms with Crippen LogP contribution >= 0.6 is 11.6 Å². The van der Waals surface area contributed by atoms with Crippen molar-refractivity contribution in [2.24, 2.45) is 10.2 Å². The van der Waals surface area contributed by atoms with Crippen molar-refractivity contribution in [1.82, 2.24) is 9.97 Å².